The number of halogens is 1. The standard InChI is InChI=1S/C15H23BrN2O/c1-2-3-7-14(18-10-8-17-9-11-18)12-5-4-6-13(16)15(12)19/h4-6,14,17,19H,2-3,7-11H2,1H3/t14-/m0/s1. The third kappa shape index (κ3) is 3.71. The van der Waals surface area contributed by atoms with Gasteiger partial charge in [0.1, 0.15) is 5.75 Å². The molecule has 0 saturated carbocycles. The molecule has 0 unspecified atom stereocenters. The van der Waals surface area contributed by atoms with Gasteiger partial charge in [0.2, 0.25) is 0 Å². The van der Waals surface area contributed by atoms with Crippen molar-refractivity contribution >= 4 is 15.9 Å². The van der Waals surface area contributed by atoms with Crippen LogP contribution in [0.3, 0.4) is 0 Å². The van der Waals surface area contributed by atoms with Gasteiger partial charge in [-0.25, -0.2) is 0 Å². The van der Waals surface area contributed by atoms with Gasteiger partial charge in [-0.05, 0) is 28.4 Å². The van der Waals surface area contributed by atoms with Gasteiger partial charge in [-0.2, -0.15) is 0 Å². The Kier molecular flexibility index (Phi) is 5.67. The zero-order valence-electron chi connectivity index (χ0n) is 11.5. The van der Waals surface area contributed by atoms with Gasteiger partial charge in [0, 0.05) is 37.8 Å². The number of piperazine rings is 1. The van der Waals surface area contributed by atoms with Gasteiger partial charge in [-0.15, -0.1) is 0 Å². The summed E-state index contributed by atoms with van der Waals surface area (Å²) in [5.74, 6) is 0.405. The van der Waals surface area contributed by atoms with Crippen molar-refractivity contribution in [2.24, 2.45) is 0 Å². The third-order valence-electron chi connectivity index (χ3n) is 3.80. The molecule has 2 rings (SSSR count). The molecule has 0 aliphatic carbocycles. The molecule has 0 amide bonds. The smallest absolute Gasteiger partial charge is 0.134 e. The Morgan fingerprint density at radius 2 is 2.11 bits per heavy atom. The molecule has 3 nitrogen and oxygen atoms in total. The van der Waals surface area contributed by atoms with E-state index in [1.807, 2.05) is 12.1 Å². The summed E-state index contributed by atoms with van der Waals surface area (Å²) in [5, 5.41) is 13.7. The fourth-order valence-corrected chi connectivity index (χ4v) is 3.11. The van der Waals surface area contributed by atoms with E-state index in [9.17, 15) is 5.11 Å². The maximum atomic E-state index is 10.3. The number of aromatic hydroxyl groups is 1. The van der Waals surface area contributed by atoms with E-state index >= 15 is 0 Å². The van der Waals surface area contributed by atoms with Crippen LogP contribution in [0.25, 0.3) is 0 Å². The number of nitrogens with zero attached hydrogens (tertiary/aromatic N) is 1. The molecule has 0 aromatic heterocycles. The average Bonchev–Trinajstić information content (AvgIpc) is 2.45. The van der Waals surface area contributed by atoms with Gasteiger partial charge >= 0.3 is 0 Å². The van der Waals surface area contributed by atoms with E-state index in [1.54, 1.807) is 0 Å². The first-order valence-corrected chi connectivity index (χ1v) is 7.95. The minimum Gasteiger partial charge on any atom is -0.506 e. The Hall–Kier alpha value is -0.580. The van der Waals surface area contributed by atoms with Crippen LogP contribution >= 0.6 is 15.9 Å². The van der Waals surface area contributed by atoms with Crippen LogP contribution in [0.4, 0.5) is 0 Å². The second kappa shape index (κ2) is 7.27. The molecule has 1 aromatic carbocycles. The predicted molar refractivity (Wildman–Crippen MR) is 82.5 cm³/mol. The van der Waals surface area contributed by atoms with Gasteiger partial charge in [0.05, 0.1) is 4.47 Å². The topological polar surface area (TPSA) is 35.5 Å². The first-order valence-electron chi connectivity index (χ1n) is 7.16. The van der Waals surface area contributed by atoms with E-state index in [1.165, 1.54) is 12.8 Å². The Bertz CT molecular complexity index is 405. The zero-order chi connectivity index (χ0) is 13.7. The minimum atomic E-state index is 0.333. The van der Waals surface area contributed by atoms with Crippen molar-refractivity contribution < 1.29 is 5.11 Å². The summed E-state index contributed by atoms with van der Waals surface area (Å²) in [4.78, 5) is 2.49. The summed E-state index contributed by atoms with van der Waals surface area (Å²) in [6, 6.07) is 6.30. The van der Waals surface area contributed by atoms with Crippen LogP contribution in [0.1, 0.15) is 37.8 Å². The highest BCUT2D eigenvalue weighted by molar-refractivity contribution is 9.10. The second-order valence-electron chi connectivity index (χ2n) is 5.12. The molecule has 1 saturated heterocycles. The normalized spacial score (nSPS) is 18.4. The summed E-state index contributed by atoms with van der Waals surface area (Å²) in [6.07, 6.45) is 3.50. The minimum absolute atomic E-state index is 0.333. The van der Waals surface area contributed by atoms with Crippen LogP contribution < -0.4 is 5.32 Å². The molecule has 1 heterocycles. The number of para-hydroxylation sites is 1. The molecule has 1 aliphatic rings. The number of hydrogen-bond acceptors (Lipinski definition) is 3. The Morgan fingerprint density at radius 3 is 2.79 bits per heavy atom. The van der Waals surface area contributed by atoms with Crippen molar-refractivity contribution in [1.82, 2.24) is 10.2 Å². The van der Waals surface area contributed by atoms with Crippen LogP contribution in [-0.2, 0) is 0 Å². The van der Waals surface area contributed by atoms with Gasteiger partial charge in [0.25, 0.3) is 0 Å². The van der Waals surface area contributed by atoms with E-state index in [0.29, 0.717) is 11.8 Å². The number of hydrogen-bond donors (Lipinski definition) is 2. The lowest BCUT2D eigenvalue weighted by atomic mass is 9.98. The van der Waals surface area contributed by atoms with Crippen molar-refractivity contribution in [2.75, 3.05) is 26.2 Å². The summed E-state index contributed by atoms with van der Waals surface area (Å²) < 4.78 is 0.793. The second-order valence-corrected chi connectivity index (χ2v) is 5.98. The molecule has 0 bridgehead atoms. The molecule has 19 heavy (non-hydrogen) atoms. The summed E-state index contributed by atoms with van der Waals surface area (Å²) >= 11 is 3.43. The Balaban J connectivity index is 2.22. The lowest BCUT2D eigenvalue weighted by Crippen LogP contribution is -2.45. The number of nitrogens with one attached hydrogen (secondary N) is 1. The number of benzene rings is 1. The molecule has 0 spiro atoms. The summed E-state index contributed by atoms with van der Waals surface area (Å²) in [6.45, 7) is 6.41. The number of phenols is 1. The van der Waals surface area contributed by atoms with Crippen molar-refractivity contribution in [3.8, 4) is 5.75 Å². The van der Waals surface area contributed by atoms with Crippen molar-refractivity contribution in [1.29, 1.82) is 0 Å². The van der Waals surface area contributed by atoms with Gasteiger partial charge < -0.3 is 10.4 Å². The van der Waals surface area contributed by atoms with Crippen LogP contribution in [0.2, 0.25) is 0 Å². The maximum absolute atomic E-state index is 10.3. The van der Waals surface area contributed by atoms with Gasteiger partial charge in [0.15, 0.2) is 0 Å². The fraction of sp³-hybridized carbons (Fsp3) is 0.600. The van der Waals surface area contributed by atoms with Crippen molar-refractivity contribution in [3.63, 3.8) is 0 Å². The van der Waals surface area contributed by atoms with Crippen LogP contribution in [-0.4, -0.2) is 36.2 Å². The van der Waals surface area contributed by atoms with Crippen molar-refractivity contribution in [2.45, 2.75) is 32.2 Å². The highest BCUT2D eigenvalue weighted by Crippen LogP contribution is 2.36. The summed E-state index contributed by atoms with van der Waals surface area (Å²) in [5.41, 5.74) is 1.06. The first-order chi connectivity index (χ1) is 9.24. The largest absolute Gasteiger partial charge is 0.506 e. The zero-order valence-corrected chi connectivity index (χ0v) is 13.1. The monoisotopic (exact) mass is 326 g/mol. The van der Waals surface area contributed by atoms with Gasteiger partial charge in [-0.3, -0.25) is 4.90 Å². The van der Waals surface area contributed by atoms with Gasteiger partial charge in [-0.1, -0.05) is 31.9 Å². The molecule has 106 valence electrons. The fourth-order valence-electron chi connectivity index (χ4n) is 2.73. The molecular weight excluding hydrogens is 304 g/mol. The maximum Gasteiger partial charge on any atom is 0.134 e. The number of rotatable bonds is 5. The molecule has 1 aliphatic heterocycles. The number of unbranched alkanes of at least 4 members (excludes halogenated alkanes) is 1. The first kappa shape index (κ1) is 14.8. The van der Waals surface area contributed by atoms with Crippen LogP contribution in [0.5, 0.6) is 5.75 Å². The molecule has 1 aromatic rings. The molecule has 1 atom stereocenters. The van der Waals surface area contributed by atoms with E-state index < -0.39 is 0 Å². The molecular formula is C15H23BrN2O. The Labute approximate surface area is 124 Å². The molecule has 0 radical (unpaired) electrons. The SMILES string of the molecule is CCCC[C@@H](c1cccc(Br)c1O)N1CCNCC1. The van der Waals surface area contributed by atoms with E-state index in [0.717, 1.165) is 42.6 Å². The third-order valence-corrected chi connectivity index (χ3v) is 4.44. The molecule has 4 heteroatoms. The van der Waals surface area contributed by atoms with E-state index in [-0.39, 0.29) is 0 Å². The average molecular weight is 327 g/mol. The van der Waals surface area contributed by atoms with Crippen LogP contribution in [0.15, 0.2) is 22.7 Å². The highest BCUT2D eigenvalue weighted by atomic mass is 79.9. The lowest BCUT2D eigenvalue weighted by molar-refractivity contribution is 0.160. The highest BCUT2D eigenvalue weighted by Gasteiger charge is 2.24. The molecule has 2 N–H and O–H groups in total. The summed E-state index contributed by atoms with van der Waals surface area (Å²) in [7, 11) is 0. The number of phenolic OH excluding ortho intramolecular Hbond substituents is 1. The van der Waals surface area contributed by atoms with Crippen LogP contribution in [0, 0.1) is 0 Å². The van der Waals surface area contributed by atoms with E-state index in [2.05, 4.69) is 39.1 Å². The van der Waals surface area contributed by atoms with Crippen molar-refractivity contribution in [3.05, 3.63) is 28.2 Å². The lowest BCUT2D eigenvalue weighted by Gasteiger charge is -2.35. The predicted octanol–water partition coefficient (Wildman–Crippen LogP) is 3.29. The Morgan fingerprint density at radius 1 is 1.37 bits per heavy atom. The quantitative estimate of drug-likeness (QED) is 0.871. The van der Waals surface area contributed by atoms with E-state index in [4.69, 9.17) is 0 Å². The molecule has 1 fully saturated rings.